The molecule has 0 unspecified atom stereocenters. The summed E-state index contributed by atoms with van der Waals surface area (Å²) < 4.78 is 49.4. The SMILES string of the molecule is CCN1C(=O)c2c(OCc3ccccc3)c(=O)c(C(=O)CCc3cccc(Cl)c3F)cn2C[C@]12C[C@H]2CO.CCN1C(=O)c2c(OCc3ccccc3)c(=O)c(C(=O)CCc3cccc(Cl)c3F)cn2C[C@]12C[C@H]2COC. The number of aliphatic hydroxyl groups excluding tert-OH is 1. The lowest BCUT2D eigenvalue weighted by atomic mass is 10.00. The topological polar surface area (TPSA) is 167 Å². The molecule has 4 aliphatic rings. The largest absolute Gasteiger partial charge is 0.483 e. The van der Waals surface area contributed by atoms with Crippen molar-refractivity contribution in [2.24, 2.45) is 11.8 Å². The fourth-order valence-electron chi connectivity index (χ4n) is 11.1. The maximum atomic E-state index is 14.4. The second-order valence-corrected chi connectivity index (χ2v) is 20.7. The lowest BCUT2D eigenvalue weighted by molar-refractivity contribution is 0.0485. The molecule has 18 heteroatoms. The zero-order chi connectivity index (χ0) is 54.8. The first-order chi connectivity index (χ1) is 37.1. The number of carbonyl (C=O) groups is 4. The van der Waals surface area contributed by atoms with E-state index in [1.165, 1.54) is 24.5 Å². The summed E-state index contributed by atoms with van der Waals surface area (Å²) in [5, 5.41) is 9.77. The first kappa shape index (κ1) is 54.8. The van der Waals surface area contributed by atoms with Gasteiger partial charge in [0.05, 0.1) is 38.9 Å². The van der Waals surface area contributed by atoms with E-state index in [0.717, 1.165) is 17.5 Å². The van der Waals surface area contributed by atoms with Gasteiger partial charge in [0.2, 0.25) is 10.9 Å². The third kappa shape index (κ3) is 10.7. The fourth-order valence-corrected chi connectivity index (χ4v) is 11.5. The summed E-state index contributed by atoms with van der Waals surface area (Å²) in [4.78, 5) is 84.9. The second-order valence-electron chi connectivity index (χ2n) is 19.9. The Morgan fingerprint density at radius 1 is 0.623 bits per heavy atom. The Morgan fingerprint density at radius 3 is 1.43 bits per heavy atom. The number of hydrogen-bond donors (Lipinski definition) is 1. The van der Waals surface area contributed by atoms with Gasteiger partial charge in [0.25, 0.3) is 11.8 Å². The van der Waals surface area contributed by atoms with Crippen molar-refractivity contribution in [3.05, 3.63) is 196 Å². The van der Waals surface area contributed by atoms with E-state index in [2.05, 4.69) is 0 Å². The first-order valence-corrected chi connectivity index (χ1v) is 26.4. The molecule has 0 bridgehead atoms. The summed E-state index contributed by atoms with van der Waals surface area (Å²) in [5.74, 6) is -3.02. The van der Waals surface area contributed by atoms with Gasteiger partial charge in [-0.1, -0.05) is 108 Å². The average Bonchev–Trinajstić information content (AvgIpc) is 4.43. The van der Waals surface area contributed by atoms with Gasteiger partial charge < -0.3 is 38.3 Å². The highest BCUT2D eigenvalue weighted by atomic mass is 35.5. The molecule has 4 atom stereocenters. The number of benzene rings is 4. The summed E-state index contributed by atoms with van der Waals surface area (Å²) in [6.07, 6.45) is 4.21. The Labute approximate surface area is 453 Å². The molecule has 0 radical (unpaired) electrons. The van der Waals surface area contributed by atoms with E-state index in [1.54, 1.807) is 50.3 Å². The fraction of sp³-hybridized carbons (Fsp3) is 0.356. The predicted molar refractivity (Wildman–Crippen MR) is 285 cm³/mol. The molecule has 4 aromatic carbocycles. The maximum Gasteiger partial charge on any atom is 0.275 e. The molecule has 2 aliphatic heterocycles. The van der Waals surface area contributed by atoms with Crippen LogP contribution < -0.4 is 20.3 Å². The van der Waals surface area contributed by atoms with Crippen LogP contribution in [0.2, 0.25) is 10.0 Å². The lowest BCUT2D eigenvalue weighted by Crippen LogP contribution is -2.52. The predicted octanol–water partition coefficient (Wildman–Crippen LogP) is 9.18. The third-order valence-corrected chi connectivity index (χ3v) is 15.9. The summed E-state index contributed by atoms with van der Waals surface area (Å²) in [6, 6.07) is 27.7. The molecule has 2 amide bonds. The van der Waals surface area contributed by atoms with Gasteiger partial charge in [0, 0.05) is 77.0 Å². The number of carbonyl (C=O) groups excluding carboxylic acids is 4. The molecule has 2 aliphatic carbocycles. The average molecular weight is 1090 g/mol. The van der Waals surface area contributed by atoms with Gasteiger partial charge in [-0.2, -0.15) is 0 Å². The summed E-state index contributed by atoms with van der Waals surface area (Å²) in [6.45, 7) is 5.94. The monoisotopic (exact) mass is 1090 g/mol. The molecule has 6 aromatic rings. The van der Waals surface area contributed by atoms with Crippen LogP contribution in [0.25, 0.3) is 0 Å². The van der Waals surface area contributed by atoms with Gasteiger partial charge >= 0.3 is 0 Å². The molecule has 2 saturated carbocycles. The Hall–Kier alpha value is -6.98. The lowest BCUT2D eigenvalue weighted by Gasteiger charge is -2.39. The van der Waals surface area contributed by atoms with Gasteiger partial charge in [-0.3, -0.25) is 28.8 Å². The zero-order valence-electron chi connectivity index (χ0n) is 42.9. The number of hydrogen-bond acceptors (Lipinski definition) is 10. The molecule has 2 spiro atoms. The van der Waals surface area contributed by atoms with Crippen LogP contribution in [-0.2, 0) is 43.9 Å². The molecular weight excluding hydrogens is 1030 g/mol. The Balaban J connectivity index is 0.000000188. The van der Waals surface area contributed by atoms with Crippen molar-refractivity contribution in [3.8, 4) is 11.5 Å². The molecule has 77 heavy (non-hydrogen) atoms. The number of Topliss-reactive ketones (excluding diaryl/α,β-unsaturated/α-hetero) is 2. The Bertz CT molecular complexity index is 3370. The molecule has 1 N–H and O–H groups in total. The van der Waals surface area contributed by atoms with Gasteiger partial charge in [0.1, 0.15) is 24.8 Å². The number of ether oxygens (including phenoxy) is 3. The van der Waals surface area contributed by atoms with E-state index >= 15 is 0 Å². The Kier molecular flexibility index (Phi) is 16.3. The van der Waals surface area contributed by atoms with Gasteiger partial charge in [-0.05, 0) is 73.9 Å². The highest BCUT2D eigenvalue weighted by Gasteiger charge is 2.63. The standard InChI is InChI=1S/C30H30ClFN2O5.C29H28ClFN2O5/c1-3-34-29(37)26-28(39-16-19-8-5-4-6-9-19)27(36)22(15-33(26)18-30(34)14-21(30)17-38-2)24(35)13-12-20-10-7-11-23(31)25(20)32;1-2-33-28(37)25-27(38-16-18-7-4-3-5-8-18)26(36)21(14-32(25)17-29(33)13-20(29)15-34)23(35)12-11-19-9-6-10-22(30)24(19)31/h4-11,15,21H,3,12-14,16-18H2,1-2H3;3-10,14,20,34H,2,11-13,15-17H2,1H3/t21-,30-;20-,29-/m00/s1. The van der Waals surface area contributed by atoms with Crippen molar-refractivity contribution in [2.75, 3.05) is 33.4 Å². The van der Waals surface area contributed by atoms with E-state index in [9.17, 15) is 42.7 Å². The summed E-state index contributed by atoms with van der Waals surface area (Å²) in [5.41, 5.74) is -0.0843. The van der Waals surface area contributed by atoms with E-state index < -0.39 is 45.1 Å². The van der Waals surface area contributed by atoms with Crippen LogP contribution in [0.15, 0.2) is 119 Å². The number of pyridine rings is 2. The van der Waals surface area contributed by atoms with Crippen molar-refractivity contribution in [1.82, 2.24) is 18.9 Å². The van der Waals surface area contributed by atoms with Crippen LogP contribution >= 0.6 is 23.2 Å². The number of aryl methyl sites for hydroxylation is 2. The number of halogens is 4. The van der Waals surface area contributed by atoms with Crippen LogP contribution in [0.3, 0.4) is 0 Å². The number of fused-ring (bicyclic) bond motifs is 2. The smallest absolute Gasteiger partial charge is 0.275 e. The highest BCUT2D eigenvalue weighted by molar-refractivity contribution is 6.31. The maximum absolute atomic E-state index is 14.4. The van der Waals surface area contributed by atoms with Crippen LogP contribution in [-0.4, -0.2) is 91.9 Å². The Morgan fingerprint density at radius 2 is 1.04 bits per heavy atom. The quantitative estimate of drug-likeness (QED) is 0.0773. The molecule has 2 fully saturated rings. The van der Waals surface area contributed by atoms with E-state index in [-0.39, 0.29) is 119 Å². The van der Waals surface area contributed by atoms with E-state index in [1.807, 2.05) is 74.5 Å². The number of aromatic nitrogens is 2. The summed E-state index contributed by atoms with van der Waals surface area (Å²) in [7, 11) is 1.63. The van der Waals surface area contributed by atoms with Crippen LogP contribution in [0.4, 0.5) is 8.78 Å². The van der Waals surface area contributed by atoms with E-state index in [4.69, 9.17) is 37.4 Å². The van der Waals surface area contributed by atoms with Crippen LogP contribution in [0, 0.1) is 23.5 Å². The molecule has 2 aromatic heterocycles. The van der Waals surface area contributed by atoms with Crippen molar-refractivity contribution in [1.29, 1.82) is 0 Å². The minimum Gasteiger partial charge on any atom is -0.483 e. The molecule has 14 nitrogen and oxygen atoms in total. The number of amides is 2. The number of nitrogens with zero attached hydrogens (tertiary/aromatic N) is 4. The van der Waals surface area contributed by atoms with Gasteiger partial charge in [-0.25, -0.2) is 8.78 Å². The molecule has 10 rings (SSSR count). The van der Waals surface area contributed by atoms with E-state index in [0.29, 0.717) is 44.8 Å². The minimum atomic E-state index is -0.668. The molecule has 4 heterocycles. The summed E-state index contributed by atoms with van der Waals surface area (Å²) >= 11 is 11.8. The van der Waals surface area contributed by atoms with Crippen LogP contribution in [0.5, 0.6) is 11.5 Å². The third-order valence-electron chi connectivity index (χ3n) is 15.3. The highest BCUT2D eigenvalue weighted by Crippen LogP contribution is 2.54. The molecule has 0 saturated heterocycles. The van der Waals surface area contributed by atoms with Gasteiger partial charge in [-0.15, -0.1) is 0 Å². The van der Waals surface area contributed by atoms with Crippen LogP contribution in [0.1, 0.15) is 103 Å². The number of ketones is 2. The molecular formula is C59H58Cl2F2N4O10. The number of aliphatic hydroxyl groups is 1. The van der Waals surface area contributed by atoms with Crippen molar-refractivity contribution < 1.29 is 47.3 Å². The first-order valence-electron chi connectivity index (χ1n) is 25.6. The minimum absolute atomic E-state index is 0.0234. The zero-order valence-corrected chi connectivity index (χ0v) is 44.4. The van der Waals surface area contributed by atoms with Crippen molar-refractivity contribution in [3.63, 3.8) is 0 Å². The number of rotatable bonds is 19. The van der Waals surface area contributed by atoms with Crippen molar-refractivity contribution in [2.45, 2.75) is 89.8 Å². The number of likely N-dealkylation sites (N-methyl/N-ethyl adjacent to an activating group) is 2. The van der Waals surface area contributed by atoms with Gasteiger partial charge in [0.15, 0.2) is 34.5 Å². The number of methoxy groups -OCH3 is 1. The second kappa shape index (κ2) is 22.9. The molecule has 402 valence electrons. The van der Waals surface area contributed by atoms with Crippen molar-refractivity contribution >= 4 is 46.6 Å². The normalized spacial score (nSPS) is 19.8.